The van der Waals surface area contributed by atoms with Crippen molar-refractivity contribution >= 4 is 5.91 Å². The van der Waals surface area contributed by atoms with E-state index in [0.717, 1.165) is 12.1 Å². The summed E-state index contributed by atoms with van der Waals surface area (Å²) in [4.78, 5) is 19.7. The SMILES string of the molecule is Cc1ccc(CCC(=O)NCc2cnccn2)cc1. The summed E-state index contributed by atoms with van der Waals surface area (Å²) in [7, 11) is 0. The Balaban J connectivity index is 1.74. The maximum atomic E-state index is 11.7. The van der Waals surface area contributed by atoms with Crippen LogP contribution in [-0.4, -0.2) is 15.9 Å². The molecule has 0 saturated heterocycles. The number of nitrogens with zero attached hydrogens (tertiary/aromatic N) is 2. The second kappa shape index (κ2) is 6.64. The average Bonchev–Trinajstić information content (AvgIpc) is 2.45. The van der Waals surface area contributed by atoms with E-state index in [0.29, 0.717) is 13.0 Å². The highest BCUT2D eigenvalue weighted by molar-refractivity contribution is 5.76. The lowest BCUT2D eigenvalue weighted by Crippen LogP contribution is -2.23. The van der Waals surface area contributed by atoms with Crippen LogP contribution in [0.15, 0.2) is 42.9 Å². The number of rotatable bonds is 5. The summed E-state index contributed by atoms with van der Waals surface area (Å²) in [6.07, 6.45) is 6.13. The summed E-state index contributed by atoms with van der Waals surface area (Å²) in [5.74, 6) is 0.0335. The first-order valence-corrected chi connectivity index (χ1v) is 6.31. The average molecular weight is 255 g/mol. The summed E-state index contributed by atoms with van der Waals surface area (Å²) in [6, 6.07) is 8.25. The number of amides is 1. The van der Waals surface area contributed by atoms with Crippen LogP contribution >= 0.6 is 0 Å². The fourth-order valence-corrected chi connectivity index (χ4v) is 1.71. The monoisotopic (exact) mass is 255 g/mol. The van der Waals surface area contributed by atoms with E-state index < -0.39 is 0 Å². The molecule has 0 bridgehead atoms. The summed E-state index contributed by atoms with van der Waals surface area (Å²) in [6.45, 7) is 2.48. The minimum atomic E-state index is 0.0335. The number of carbonyl (C=O) groups is 1. The number of hydrogen-bond acceptors (Lipinski definition) is 3. The highest BCUT2D eigenvalue weighted by Crippen LogP contribution is 2.05. The predicted octanol–water partition coefficient (Wildman–Crippen LogP) is 2.03. The fraction of sp³-hybridized carbons (Fsp3) is 0.267. The summed E-state index contributed by atoms with van der Waals surface area (Å²) in [5.41, 5.74) is 3.18. The topological polar surface area (TPSA) is 54.9 Å². The molecule has 0 saturated carbocycles. The molecule has 1 N–H and O–H groups in total. The lowest BCUT2D eigenvalue weighted by atomic mass is 10.1. The molecule has 1 heterocycles. The number of carbonyl (C=O) groups excluding carboxylic acids is 1. The molecule has 0 spiro atoms. The molecule has 0 aliphatic carbocycles. The van der Waals surface area contributed by atoms with Gasteiger partial charge in [0.1, 0.15) is 0 Å². The molecule has 98 valence electrons. The summed E-state index contributed by atoms with van der Waals surface area (Å²) < 4.78 is 0. The molecule has 4 nitrogen and oxygen atoms in total. The zero-order valence-corrected chi connectivity index (χ0v) is 11.0. The van der Waals surface area contributed by atoms with Gasteiger partial charge in [-0.25, -0.2) is 0 Å². The molecule has 19 heavy (non-hydrogen) atoms. The van der Waals surface area contributed by atoms with Crippen molar-refractivity contribution in [1.29, 1.82) is 0 Å². The van der Waals surface area contributed by atoms with Crippen molar-refractivity contribution in [1.82, 2.24) is 15.3 Å². The third kappa shape index (κ3) is 4.50. The largest absolute Gasteiger partial charge is 0.350 e. The van der Waals surface area contributed by atoms with Crippen molar-refractivity contribution in [3.05, 3.63) is 59.7 Å². The Kier molecular flexibility index (Phi) is 4.61. The van der Waals surface area contributed by atoms with Crippen molar-refractivity contribution in [3.8, 4) is 0 Å². The van der Waals surface area contributed by atoms with Crippen LogP contribution in [0.3, 0.4) is 0 Å². The number of aromatic nitrogens is 2. The Morgan fingerprint density at radius 2 is 2.00 bits per heavy atom. The first-order valence-electron chi connectivity index (χ1n) is 6.31. The van der Waals surface area contributed by atoms with Gasteiger partial charge in [0.2, 0.25) is 5.91 Å². The van der Waals surface area contributed by atoms with Crippen LogP contribution in [-0.2, 0) is 17.8 Å². The van der Waals surface area contributed by atoms with E-state index in [1.165, 1.54) is 11.1 Å². The van der Waals surface area contributed by atoms with Crippen molar-refractivity contribution < 1.29 is 4.79 Å². The van der Waals surface area contributed by atoms with Crippen molar-refractivity contribution in [2.24, 2.45) is 0 Å². The molecule has 0 atom stereocenters. The van der Waals surface area contributed by atoms with Gasteiger partial charge in [-0.2, -0.15) is 0 Å². The van der Waals surface area contributed by atoms with Gasteiger partial charge in [0.05, 0.1) is 18.4 Å². The lowest BCUT2D eigenvalue weighted by Gasteiger charge is -2.05. The second-order valence-corrected chi connectivity index (χ2v) is 4.46. The minimum absolute atomic E-state index is 0.0335. The van der Waals surface area contributed by atoms with E-state index >= 15 is 0 Å². The van der Waals surface area contributed by atoms with Gasteiger partial charge in [0.15, 0.2) is 0 Å². The molecule has 0 aliphatic heterocycles. The Morgan fingerprint density at radius 1 is 1.21 bits per heavy atom. The van der Waals surface area contributed by atoms with Crippen LogP contribution in [0, 0.1) is 6.92 Å². The quantitative estimate of drug-likeness (QED) is 0.889. The Morgan fingerprint density at radius 3 is 2.68 bits per heavy atom. The van der Waals surface area contributed by atoms with E-state index in [-0.39, 0.29) is 5.91 Å². The molecule has 0 radical (unpaired) electrons. The predicted molar refractivity (Wildman–Crippen MR) is 73.4 cm³/mol. The summed E-state index contributed by atoms with van der Waals surface area (Å²) >= 11 is 0. The van der Waals surface area contributed by atoms with Crippen LogP contribution in [0.25, 0.3) is 0 Å². The lowest BCUT2D eigenvalue weighted by molar-refractivity contribution is -0.121. The normalized spacial score (nSPS) is 10.2. The zero-order valence-electron chi connectivity index (χ0n) is 11.0. The number of hydrogen-bond donors (Lipinski definition) is 1. The molecule has 2 aromatic rings. The van der Waals surface area contributed by atoms with Crippen LogP contribution in [0.5, 0.6) is 0 Å². The van der Waals surface area contributed by atoms with Crippen LogP contribution in [0.1, 0.15) is 23.2 Å². The van der Waals surface area contributed by atoms with Gasteiger partial charge in [-0.1, -0.05) is 29.8 Å². The molecular weight excluding hydrogens is 238 g/mol. The maximum absolute atomic E-state index is 11.7. The number of benzene rings is 1. The molecule has 2 rings (SSSR count). The van der Waals surface area contributed by atoms with E-state index in [1.54, 1.807) is 18.6 Å². The van der Waals surface area contributed by atoms with Gasteiger partial charge in [-0.05, 0) is 18.9 Å². The minimum Gasteiger partial charge on any atom is -0.350 e. The first kappa shape index (κ1) is 13.2. The van der Waals surface area contributed by atoms with Crippen molar-refractivity contribution in [3.63, 3.8) is 0 Å². The Bertz CT molecular complexity index is 523. The molecule has 0 fully saturated rings. The van der Waals surface area contributed by atoms with Gasteiger partial charge in [0.25, 0.3) is 0 Å². The van der Waals surface area contributed by atoms with Gasteiger partial charge < -0.3 is 5.32 Å². The molecule has 1 aromatic carbocycles. The third-order valence-corrected chi connectivity index (χ3v) is 2.84. The van der Waals surface area contributed by atoms with Gasteiger partial charge in [-0.3, -0.25) is 14.8 Å². The van der Waals surface area contributed by atoms with Crippen molar-refractivity contribution in [2.45, 2.75) is 26.3 Å². The van der Waals surface area contributed by atoms with E-state index in [9.17, 15) is 4.79 Å². The van der Waals surface area contributed by atoms with Crippen LogP contribution in [0.4, 0.5) is 0 Å². The van der Waals surface area contributed by atoms with Gasteiger partial charge in [-0.15, -0.1) is 0 Å². The second-order valence-electron chi connectivity index (χ2n) is 4.46. The van der Waals surface area contributed by atoms with E-state index in [1.807, 2.05) is 0 Å². The molecular formula is C15H17N3O. The highest BCUT2D eigenvalue weighted by atomic mass is 16.1. The summed E-state index contributed by atoms with van der Waals surface area (Å²) in [5, 5.41) is 2.84. The number of nitrogens with one attached hydrogen (secondary N) is 1. The molecule has 0 aliphatic rings. The Labute approximate surface area is 112 Å². The van der Waals surface area contributed by atoms with E-state index in [4.69, 9.17) is 0 Å². The van der Waals surface area contributed by atoms with Crippen LogP contribution in [0.2, 0.25) is 0 Å². The van der Waals surface area contributed by atoms with Gasteiger partial charge in [0, 0.05) is 18.8 Å². The third-order valence-electron chi connectivity index (χ3n) is 2.84. The standard InChI is InChI=1S/C15H17N3O/c1-12-2-4-13(5-3-12)6-7-15(19)18-11-14-10-16-8-9-17-14/h2-5,8-10H,6-7,11H2,1H3,(H,18,19). The number of aryl methyl sites for hydroxylation is 2. The molecule has 0 unspecified atom stereocenters. The molecule has 1 amide bonds. The highest BCUT2D eigenvalue weighted by Gasteiger charge is 2.02. The zero-order chi connectivity index (χ0) is 13.5. The first-order chi connectivity index (χ1) is 9.24. The van der Waals surface area contributed by atoms with Crippen LogP contribution < -0.4 is 5.32 Å². The molecule has 4 heteroatoms. The maximum Gasteiger partial charge on any atom is 0.220 e. The fourth-order valence-electron chi connectivity index (χ4n) is 1.71. The molecule has 1 aromatic heterocycles. The Hall–Kier alpha value is -2.23. The van der Waals surface area contributed by atoms with Gasteiger partial charge >= 0.3 is 0 Å². The smallest absolute Gasteiger partial charge is 0.220 e. The van der Waals surface area contributed by atoms with E-state index in [2.05, 4.69) is 46.5 Å². The van der Waals surface area contributed by atoms with Crippen molar-refractivity contribution in [2.75, 3.05) is 0 Å².